The molecule has 0 unspecified atom stereocenters. The number of carbonyl (C=O) groups excluding carboxylic acids is 2. The van der Waals surface area contributed by atoms with Crippen molar-refractivity contribution in [1.29, 1.82) is 5.26 Å². The minimum Gasteiger partial charge on any atom is -0.497 e. The third kappa shape index (κ3) is 3.86. The van der Waals surface area contributed by atoms with E-state index in [1.165, 1.54) is 40.9 Å². The van der Waals surface area contributed by atoms with Gasteiger partial charge in [-0.1, -0.05) is 12.1 Å². The number of fused-ring (bicyclic) bond motifs is 2. The van der Waals surface area contributed by atoms with Crippen LogP contribution >= 0.6 is 11.8 Å². The van der Waals surface area contributed by atoms with Crippen molar-refractivity contribution in [1.82, 2.24) is 4.90 Å². The summed E-state index contributed by atoms with van der Waals surface area (Å²) in [6.45, 7) is 0.612. The summed E-state index contributed by atoms with van der Waals surface area (Å²) in [6, 6.07) is 19.7. The zero-order valence-corrected chi connectivity index (χ0v) is 19.6. The summed E-state index contributed by atoms with van der Waals surface area (Å²) in [5, 5.41) is 12.1. The summed E-state index contributed by atoms with van der Waals surface area (Å²) in [5.41, 5.74) is 3.11. The number of nitrogens with zero attached hydrogens (tertiary/aromatic N) is 3. The maximum Gasteiger partial charge on any atom is 0.323 e. The molecule has 2 aliphatic heterocycles. The molecule has 1 atom stereocenters. The van der Waals surface area contributed by atoms with E-state index in [1.807, 2.05) is 12.1 Å². The van der Waals surface area contributed by atoms with Crippen LogP contribution in [0.3, 0.4) is 0 Å². The van der Waals surface area contributed by atoms with Crippen molar-refractivity contribution in [3.63, 3.8) is 0 Å². The van der Waals surface area contributed by atoms with Gasteiger partial charge in [0.05, 0.1) is 31.0 Å². The standard InChI is InChI=1S/C26H21FN4O3S/c1-34-21-9-10-23-22(14-21)26(24(32)30(23)16-18-4-2-3-17(13-18)15-28)31(11-12-35-26)25(33)29-20-7-5-19(27)6-8-20/h2-10,13-14H,11-12,16H2,1H3,(H,29,33)/t26-/m0/s1. The quantitative estimate of drug-likeness (QED) is 0.576. The average molecular weight is 489 g/mol. The first kappa shape index (κ1) is 22.7. The molecule has 0 saturated carbocycles. The molecule has 9 heteroatoms. The van der Waals surface area contributed by atoms with Gasteiger partial charge in [-0.25, -0.2) is 9.18 Å². The molecule has 7 nitrogen and oxygen atoms in total. The average Bonchev–Trinajstić information content (AvgIpc) is 3.42. The highest BCUT2D eigenvalue weighted by Crippen LogP contribution is 2.55. The molecule has 5 rings (SSSR count). The number of benzene rings is 3. The van der Waals surface area contributed by atoms with E-state index >= 15 is 0 Å². The lowest BCUT2D eigenvalue weighted by atomic mass is 10.1. The highest BCUT2D eigenvalue weighted by Gasteiger charge is 2.59. The van der Waals surface area contributed by atoms with Crippen molar-refractivity contribution in [2.45, 2.75) is 11.4 Å². The van der Waals surface area contributed by atoms with Crippen LogP contribution in [0.25, 0.3) is 0 Å². The maximum absolute atomic E-state index is 14.1. The number of ether oxygens (including phenoxy) is 1. The molecule has 2 aliphatic rings. The lowest BCUT2D eigenvalue weighted by molar-refractivity contribution is -0.123. The molecule has 176 valence electrons. The largest absolute Gasteiger partial charge is 0.497 e. The number of hydrogen-bond acceptors (Lipinski definition) is 5. The van der Waals surface area contributed by atoms with Crippen molar-refractivity contribution in [2.24, 2.45) is 0 Å². The number of methoxy groups -OCH3 is 1. The van der Waals surface area contributed by atoms with Crippen molar-refractivity contribution in [3.8, 4) is 11.8 Å². The van der Waals surface area contributed by atoms with Crippen LogP contribution in [0.2, 0.25) is 0 Å². The van der Waals surface area contributed by atoms with Crippen LogP contribution in [0, 0.1) is 17.1 Å². The number of halogens is 1. The SMILES string of the molecule is COc1ccc2c(c1)[C@]1(SCCN1C(=O)Nc1ccc(F)cc1)C(=O)N2Cc1cccc(C#N)c1. The molecule has 0 bridgehead atoms. The Labute approximate surface area is 206 Å². The van der Waals surface area contributed by atoms with Gasteiger partial charge in [0.1, 0.15) is 11.6 Å². The van der Waals surface area contributed by atoms with Crippen molar-refractivity contribution < 1.29 is 18.7 Å². The Bertz CT molecular complexity index is 1360. The molecule has 0 radical (unpaired) electrons. The van der Waals surface area contributed by atoms with Crippen LogP contribution in [0.4, 0.5) is 20.6 Å². The van der Waals surface area contributed by atoms with Gasteiger partial charge in [0.15, 0.2) is 4.87 Å². The molecular weight excluding hydrogens is 467 g/mol. The number of nitriles is 1. The van der Waals surface area contributed by atoms with Gasteiger partial charge in [-0.05, 0) is 60.2 Å². The highest BCUT2D eigenvalue weighted by atomic mass is 32.2. The number of amides is 3. The first-order valence-electron chi connectivity index (χ1n) is 10.9. The van der Waals surface area contributed by atoms with E-state index < -0.39 is 16.7 Å². The van der Waals surface area contributed by atoms with Crippen LogP contribution < -0.4 is 15.0 Å². The number of nitrogens with one attached hydrogen (secondary N) is 1. The normalized spacial score (nSPS) is 18.5. The zero-order valence-electron chi connectivity index (χ0n) is 18.8. The van der Waals surface area contributed by atoms with Gasteiger partial charge < -0.3 is 15.0 Å². The van der Waals surface area contributed by atoms with Crippen LogP contribution in [-0.2, 0) is 16.2 Å². The predicted molar refractivity (Wildman–Crippen MR) is 132 cm³/mol. The molecule has 3 aromatic rings. The molecule has 3 amide bonds. The number of rotatable bonds is 4. The smallest absolute Gasteiger partial charge is 0.323 e. The fourth-order valence-corrected chi connectivity index (χ4v) is 5.98. The van der Waals surface area contributed by atoms with E-state index in [0.717, 1.165) is 5.56 Å². The second-order valence-corrected chi connectivity index (χ2v) is 9.46. The molecule has 2 heterocycles. The molecule has 35 heavy (non-hydrogen) atoms. The summed E-state index contributed by atoms with van der Waals surface area (Å²) in [4.78, 5) is 29.4. The van der Waals surface area contributed by atoms with Crippen LogP contribution in [0.1, 0.15) is 16.7 Å². The van der Waals surface area contributed by atoms with Gasteiger partial charge in [0.25, 0.3) is 5.91 Å². The Morgan fingerprint density at radius 2 is 2.00 bits per heavy atom. The Kier molecular flexibility index (Phi) is 5.83. The van der Waals surface area contributed by atoms with E-state index in [0.29, 0.717) is 40.5 Å². The molecule has 1 N–H and O–H groups in total. The third-order valence-corrected chi connectivity index (χ3v) is 7.56. The van der Waals surface area contributed by atoms with Crippen molar-refractivity contribution in [2.75, 3.05) is 29.6 Å². The van der Waals surface area contributed by atoms with E-state index in [1.54, 1.807) is 42.3 Å². The Morgan fingerprint density at radius 1 is 1.20 bits per heavy atom. The van der Waals surface area contributed by atoms with Crippen molar-refractivity contribution in [3.05, 3.63) is 89.2 Å². The van der Waals surface area contributed by atoms with Crippen molar-refractivity contribution >= 4 is 35.1 Å². The first-order chi connectivity index (χ1) is 17.0. The van der Waals surface area contributed by atoms with E-state index in [2.05, 4.69) is 11.4 Å². The molecule has 1 saturated heterocycles. The molecule has 3 aromatic carbocycles. The second kappa shape index (κ2) is 8.96. The first-order valence-corrected chi connectivity index (χ1v) is 11.9. The van der Waals surface area contributed by atoms with E-state index in [9.17, 15) is 19.2 Å². The minimum absolute atomic E-state index is 0.236. The van der Waals surface area contributed by atoms with Gasteiger partial charge in [-0.2, -0.15) is 5.26 Å². The fourth-order valence-electron chi connectivity index (χ4n) is 4.52. The van der Waals surface area contributed by atoms with Gasteiger partial charge >= 0.3 is 6.03 Å². The summed E-state index contributed by atoms with van der Waals surface area (Å²) < 4.78 is 18.8. The fraction of sp³-hybridized carbons (Fsp3) is 0.192. The number of carbonyl (C=O) groups is 2. The van der Waals surface area contributed by atoms with Gasteiger partial charge in [-0.3, -0.25) is 9.69 Å². The summed E-state index contributed by atoms with van der Waals surface area (Å²) >= 11 is 1.40. The molecule has 0 aliphatic carbocycles. The predicted octanol–water partition coefficient (Wildman–Crippen LogP) is 4.69. The number of anilines is 2. The molecule has 1 fully saturated rings. The third-order valence-electron chi connectivity index (χ3n) is 6.14. The minimum atomic E-state index is -1.26. The Morgan fingerprint density at radius 3 is 2.74 bits per heavy atom. The Hall–Kier alpha value is -4.03. The summed E-state index contributed by atoms with van der Waals surface area (Å²) in [6.07, 6.45) is 0. The van der Waals surface area contributed by atoms with E-state index in [-0.39, 0.29) is 12.5 Å². The van der Waals surface area contributed by atoms with E-state index in [4.69, 9.17) is 4.74 Å². The highest BCUT2D eigenvalue weighted by molar-refractivity contribution is 8.01. The molecular formula is C26H21FN4O3S. The van der Waals surface area contributed by atoms with Crippen LogP contribution in [-0.4, -0.2) is 36.2 Å². The number of hydrogen-bond donors (Lipinski definition) is 1. The van der Waals surface area contributed by atoms with Gasteiger partial charge in [0.2, 0.25) is 0 Å². The van der Waals surface area contributed by atoms with Gasteiger partial charge in [0, 0.05) is 23.5 Å². The van der Waals surface area contributed by atoms with Crippen LogP contribution in [0.15, 0.2) is 66.7 Å². The second-order valence-electron chi connectivity index (χ2n) is 8.17. The summed E-state index contributed by atoms with van der Waals surface area (Å²) in [5.74, 6) is 0.506. The van der Waals surface area contributed by atoms with Crippen LogP contribution in [0.5, 0.6) is 5.75 Å². The molecule has 0 aromatic heterocycles. The monoisotopic (exact) mass is 488 g/mol. The number of urea groups is 1. The lowest BCUT2D eigenvalue weighted by Crippen LogP contribution is -2.51. The Balaban J connectivity index is 1.54. The molecule has 1 spiro atoms. The zero-order chi connectivity index (χ0) is 24.6. The maximum atomic E-state index is 14.1. The summed E-state index contributed by atoms with van der Waals surface area (Å²) in [7, 11) is 1.55. The number of thioether (sulfide) groups is 1. The lowest BCUT2D eigenvalue weighted by Gasteiger charge is -2.33. The topological polar surface area (TPSA) is 85.7 Å². The van der Waals surface area contributed by atoms with Gasteiger partial charge in [-0.15, -0.1) is 11.8 Å².